The standard InChI is InChI=1S/C12H24N2/c1-9(2)14-7-12(8-14)13-11-5-4-10(3)6-11/h9-13H,4-8H2,1-3H3. The van der Waals surface area contributed by atoms with E-state index in [0.717, 1.165) is 24.0 Å². The van der Waals surface area contributed by atoms with Crippen molar-refractivity contribution in [3.8, 4) is 0 Å². The van der Waals surface area contributed by atoms with E-state index in [1.807, 2.05) is 0 Å². The first-order chi connectivity index (χ1) is 6.65. The molecule has 1 aliphatic heterocycles. The molecule has 14 heavy (non-hydrogen) atoms. The van der Waals surface area contributed by atoms with Crippen LogP contribution in [-0.4, -0.2) is 36.1 Å². The second kappa shape index (κ2) is 4.19. The van der Waals surface area contributed by atoms with Gasteiger partial charge in [-0.3, -0.25) is 4.90 Å². The van der Waals surface area contributed by atoms with Crippen LogP contribution in [0.2, 0.25) is 0 Å². The first kappa shape index (κ1) is 10.4. The van der Waals surface area contributed by atoms with Crippen LogP contribution in [0.15, 0.2) is 0 Å². The highest BCUT2D eigenvalue weighted by molar-refractivity contribution is 4.91. The highest BCUT2D eigenvalue weighted by Gasteiger charge is 2.31. The Kier molecular flexibility index (Phi) is 3.13. The molecule has 0 radical (unpaired) electrons. The zero-order valence-electron chi connectivity index (χ0n) is 9.79. The Morgan fingerprint density at radius 3 is 2.36 bits per heavy atom. The summed E-state index contributed by atoms with van der Waals surface area (Å²) in [6.45, 7) is 9.48. The summed E-state index contributed by atoms with van der Waals surface area (Å²) in [6, 6.07) is 2.34. The largest absolute Gasteiger partial charge is 0.309 e. The van der Waals surface area contributed by atoms with Crippen LogP contribution in [0.4, 0.5) is 0 Å². The van der Waals surface area contributed by atoms with Crippen LogP contribution in [0.5, 0.6) is 0 Å². The number of nitrogens with zero attached hydrogens (tertiary/aromatic N) is 1. The maximum Gasteiger partial charge on any atom is 0.0325 e. The van der Waals surface area contributed by atoms with Gasteiger partial charge < -0.3 is 5.32 Å². The van der Waals surface area contributed by atoms with Crippen molar-refractivity contribution in [3.05, 3.63) is 0 Å². The Bertz CT molecular complexity index is 185. The van der Waals surface area contributed by atoms with Gasteiger partial charge in [-0.2, -0.15) is 0 Å². The van der Waals surface area contributed by atoms with Crippen molar-refractivity contribution in [2.45, 2.75) is 58.2 Å². The smallest absolute Gasteiger partial charge is 0.0325 e. The molecule has 0 aromatic heterocycles. The molecular weight excluding hydrogens is 172 g/mol. The Labute approximate surface area is 88.1 Å². The molecule has 1 saturated carbocycles. The molecule has 82 valence electrons. The van der Waals surface area contributed by atoms with Gasteiger partial charge in [0.15, 0.2) is 0 Å². The van der Waals surface area contributed by atoms with Crippen LogP contribution in [0.3, 0.4) is 0 Å². The predicted octanol–water partition coefficient (Wildman–Crippen LogP) is 1.86. The maximum atomic E-state index is 3.79. The lowest BCUT2D eigenvalue weighted by atomic mass is 10.0. The fourth-order valence-corrected chi connectivity index (χ4v) is 2.73. The molecule has 2 fully saturated rings. The molecule has 2 unspecified atom stereocenters. The Morgan fingerprint density at radius 2 is 1.86 bits per heavy atom. The number of likely N-dealkylation sites (tertiary alicyclic amines) is 1. The highest BCUT2D eigenvalue weighted by Crippen LogP contribution is 2.26. The molecule has 2 rings (SSSR count). The van der Waals surface area contributed by atoms with E-state index < -0.39 is 0 Å². The van der Waals surface area contributed by atoms with Crippen LogP contribution in [0.25, 0.3) is 0 Å². The summed E-state index contributed by atoms with van der Waals surface area (Å²) in [7, 11) is 0. The van der Waals surface area contributed by atoms with E-state index in [2.05, 4.69) is 31.0 Å². The average molecular weight is 196 g/mol. The number of hydrogen-bond acceptors (Lipinski definition) is 2. The van der Waals surface area contributed by atoms with Crippen LogP contribution in [0.1, 0.15) is 40.0 Å². The van der Waals surface area contributed by atoms with Crippen molar-refractivity contribution in [1.82, 2.24) is 10.2 Å². The van der Waals surface area contributed by atoms with E-state index in [4.69, 9.17) is 0 Å². The van der Waals surface area contributed by atoms with Gasteiger partial charge >= 0.3 is 0 Å². The average Bonchev–Trinajstić information content (AvgIpc) is 2.42. The Balaban J connectivity index is 1.64. The van der Waals surface area contributed by atoms with Crippen LogP contribution >= 0.6 is 0 Å². The second-order valence-corrected chi connectivity index (χ2v) is 5.53. The zero-order valence-corrected chi connectivity index (χ0v) is 9.79. The predicted molar refractivity (Wildman–Crippen MR) is 60.4 cm³/mol. The first-order valence-electron chi connectivity index (χ1n) is 6.15. The monoisotopic (exact) mass is 196 g/mol. The van der Waals surface area contributed by atoms with Crippen molar-refractivity contribution in [2.24, 2.45) is 5.92 Å². The van der Waals surface area contributed by atoms with Gasteiger partial charge in [0.25, 0.3) is 0 Å². The normalized spacial score (nSPS) is 35.1. The van der Waals surface area contributed by atoms with Gasteiger partial charge in [-0.1, -0.05) is 6.92 Å². The van der Waals surface area contributed by atoms with Crippen LogP contribution < -0.4 is 5.32 Å². The third-order valence-electron chi connectivity index (χ3n) is 3.81. The zero-order chi connectivity index (χ0) is 10.1. The summed E-state index contributed by atoms with van der Waals surface area (Å²) < 4.78 is 0. The van der Waals surface area contributed by atoms with Gasteiger partial charge in [0.05, 0.1) is 0 Å². The van der Waals surface area contributed by atoms with Crippen LogP contribution in [0, 0.1) is 5.92 Å². The lowest BCUT2D eigenvalue weighted by Crippen LogP contribution is -2.61. The molecule has 1 aliphatic carbocycles. The third kappa shape index (κ3) is 2.29. The summed E-state index contributed by atoms with van der Waals surface area (Å²) >= 11 is 0. The van der Waals surface area contributed by atoms with Gasteiger partial charge in [-0.15, -0.1) is 0 Å². The van der Waals surface area contributed by atoms with Crippen molar-refractivity contribution in [2.75, 3.05) is 13.1 Å². The highest BCUT2D eigenvalue weighted by atomic mass is 15.3. The summed E-state index contributed by atoms with van der Waals surface area (Å²) in [6.07, 6.45) is 4.23. The summed E-state index contributed by atoms with van der Waals surface area (Å²) in [4.78, 5) is 2.54. The first-order valence-corrected chi connectivity index (χ1v) is 6.15. The van der Waals surface area contributed by atoms with Gasteiger partial charge in [0, 0.05) is 31.2 Å². The molecule has 2 heteroatoms. The van der Waals surface area contributed by atoms with Crippen molar-refractivity contribution >= 4 is 0 Å². The molecule has 1 heterocycles. The van der Waals surface area contributed by atoms with E-state index >= 15 is 0 Å². The molecule has 0 aromatic rings. The summed E-state index contributed by atoms with van der Waals surface area (Å²) in [5.74, 6) is 0.953. The third-order valence-corrected chi connectivity index (χ3v) is 3.81. The minimum Gasteiger partial charge on any atom is -0.309 e. The number of nitrogens with one attached hydrogen (secondary N) is 1. The van der Waals surface area contributed by atoms with E-state index in [0.29, 0.717) is 0 Å². The second-order valence-electron chi connectivity index (χ2n) is 5.53. The lowest BCUT2D eigenvalue weighted by Gasteiger charge is -2.43. The maximum absolute atomic E-state index is 3.79. The minimum absolute atomic E-state index is 0.732. The fourth-order valence-electron chi connectivity index (χ4n) is 2.73. The lowest BCUT2D eigenvalue weighted by molar-refractivity contribution is 0.0852. The summed E-state index contributed by atoms with van der Waals surface area (Å²) in [5, 5.41) is 3.79. The van der Waals surface area contributed by atoms with Crippen molar-refractivity contribution in [3.63, 3.8) is 0 Å². The SMILES string of the molecule is CC1CCC(NC2CN(C(C)C)C2)C1. The Hall–Kier alpha value is -0.0800. The molecule has 1 saturated heterocycles. The molecule has 2 atom stereocenters. The number of rotatable bonds is 3. The molecule has 0 aromatic carbocycles. The quantitative estimate of drug-likeness (QED) is 0.741. The molecule has 2 aliphatic rings. The molecule has 1 N–H and O–H groups in total. The molecule has 0 spiro atoms. The van der Waals surface area contributed by atoms with Gasteiger partial charge in [0.2, 0.25) is 0 Å². The minimum atomic E-state index is 0.732. The van der Waals surface area contributed by atoms with E-state index in [-0.39, 0.29) is 0 Å². The molecule has 0 bridgehead atoms. The van der Waals surface area contributed by atoms with Crippen LogP contribution in [-0.2, 0) is 0 Å². The molecule has 0 amide bonds. The van der Waals surface area contributed by atoms with E-state index in [9.17, 15) is 0 Å². The van der Waals surface area contributed by atoms with Crippen molar-refractivity contribution in [1.29, 1.82) is 0 Å². The Morgan fingerprint density at radius 1 is 1.14 bits per heavy atom. The molecule has 2 nitrogen and oxygen atoms in total. The van der Waals surface area contributed by atoms with E-state index in [1.165, 1.54) is 32.4 Å². The van der Waals surface area contributed by atoms with Gasteiger partial charge in [-0.05, 0) is 39.0 Å². The topological polar surface area (TPSA) is 15.3 Å². The fraction of sp³-hybridized carbons (Fsp3) is 1.00. The van der Waals surface area contributed by atoms with Gasteiger partial charge in [0.1, 0.15) is 0 Å². The van der Waals surface area contributed by atoms with Crippen molar-refractivity contribution < 1.29 is 0 Å². The van der Waals surface area contributed by atoms with E-state index in [1.54, 1.807) is 0 Å². The molecular formula is C12H24N2. The summed E-state index contributed by atoms with van der Waals surface area (Å²) in [5.41, 5.74) is 0. The van der Waals surface area contributed by atoms with Gasteiger partial charge in [-0.25, -0.2) is 0 Å². The number of hydrogen-bond donors (Lipinski definition) is 1.